The van der Waals surface area contributed by atoms with Crippen molar-refractivity contribution < 1.29 is 27.4 Å². The first-order valence-corrected chi connectivity index (χ1v) is 13.8. The third kappa shape index (κ3) is 6.49. The van der Waals surface area contributed by atoms with Gasteiger partial charge in [0.1, 0.15) is 27.8 Å². The van der Waals surface area contributed by atoms with Crippen molar-refractivity contribution in [1.29, 1.82) is 0 Å². The fourth-order valence-electron chi connectivity index (χ4n) is 5.28. The molecule has 2 heterocycles. The minimum atomic E-state index is -2.91. The zero-order valence-electron chi connectivity index (χ0n) is 22.1. The summed E-state index contributed by atoms with van der Waals surface area (Å²) in [6, 6.07) is 6.66. The molecule has 2 unspecified atom stereocenters. The summed E-state index contributed by atoms with van der Waals surface area (Å²) in [7, 11) is 1.70. The van der Waals surface area contributed by atoms with E-state index >= 15 is 4.39 Å². The number of thiazole rings is 1. The lowest BCUT2D eigenvalue weighted by Gasteiger charge is -2.49. The van der Waals surface area contributed by atoms with Crippen LogP contribution in [-0.2, 0) is 16.0 Å². The minimum absolute atomic E-state index is 0.0967. The Morgan fingerprint density at radius 1 is 1.27 bits per heavy atom. The summed E-state index contributed by atoms with van der Waals surface area (Å²) < 4.78 is 58.5. The molecular weight excluding hydrogens is 501 g/mol. The number of nitrogens with zero attached hydrogens (tertiary/aromatic N) is 2. The van der Waals surface area contributed by atoms with E-state index in [4.69, 9.17) is 14.2 Å². The lowest BCUT2D eigenvalue weighted by Crippen LogP contribution is -2.57. The highest BCUT2D eigenvalue weighted by Crippen LogP contribution is 2.45. The Morgan fingerprint density at radius 3 is 2.65 bits per heavy atom. The summed E-state index contributed by atoms with van der Waals surface area (Å²) in [6.45, 7) is 4.72. The van der Waals surface area contributed by atoms with E-state index in [0.717, 1.165) is 36.3 Å². The first-order valence-electron chi connectivity index (χ1n) is 13.0. The van der Waals surface area contributed by atoms with Crippen LogP contribution in [0.5, 0.6) is 5.75 Å². The molecule has 1 aromatic carbocycles. The van der Waals surface area contributed by atoms with Crippen molar-refractivity contribution in [1.82, 2.24) is 9.88 Å². The summed E-state index contributed by atoms with van der Waals surface area (Å²) in [4.78, 5) is 7.68. The van der Waals surface area contributed by atoms with Gasteiger partial charge in [-0.25, -0.2) is 9.37 Å². The Morgan fingerprint density at radius 2 is 2.03 bits per heavy atom. The second kappa shape index (κ2) is 11.7. The molecule has 0 radical (unpaired) electrons. The Hall–Kier alpha value is -2.10. The van der Waals surface area contributed by atoms with Crippen molar-refractivity contribution in [3.63, 3.8) is 0 Å². The SMILES string of the molecule is CCCOC1(C(OC)=C2CCC2)CC(C(C)(C)F)CN(Cc2cnc(-c3ccccc3OC(F)F)s2)C1. The van der Waals surface area contributed by atoms with Gasteiger partial charge in [0.05, 0.1) is 12.7 Å². The summed E-state index contributed by atoms with van der Waals surface area (Å²) in [5.41, 5.74) is -0.311. The number of benzene rings is 1. The van der Waals surface area contributed by atoms with Gasteiger partial charge in [-0.05, 0) is 63.7 Å². The minimum Gasteiger partial charge on any atom is -0.498 e. The topological polar surface area (TPSA) is 43.8 Å². The molecule has 2 aliphatic rings. The highest BCUT2D eigenvalue weighted by molar-refractivity contribution is 7.15. The largest absolute Gasteiger partial charge is 0.498 e. The van der Waals surface area contributed by atoms with Crippen molar-refractivity contribution in [2.45, 2.75) is 77.3 Å². The predicted molar refractivity (Wildman–Crippen MR) is 140 cm³/mol. The zero-order valence-corrected chi connectivity index (χ0v) is 22.9. The van der Waals surface area contributed by atoms with Crippen molar-refractivity contribution in [3.05, 3.63) is 46.7 Å². The monoisotopic (exact) mass is 538 g/mol. The normalized spacial score (nSPS) is 22.7. The van der Waals surface area contributed by atoms with Gasteiger partial charge in [-0.15, -0.1) is 11.3 Å². The first-order chi connectivity index (χ1) is 17.6. The number of para-hydroxylation sites is 1. The number of methoxy groups -OCH3 is 1. The highest BCUT2D eigenvalue weighted by atomic mass is 32.1. The van der Waals surface area contributed by atoms with Gasteiger partial charge in [0, 0.05) is 43.2 Å². The average Bonchev–Trinajstić information content (AvgIpc) is 3.27. The van der Waals surface area contributed by atoms with Crippen molar-refractivity contribution in [2.24, 2.45) is 5.92 Å². The fourth-order valence-corrected chi connectivity index (χ4v) is 6.26. The van der Waals surface area contributed by atoms with Gasteiger partial charge in [-0.1, -0.05) is 19.1 Å². The van der Waals surface area contributed by atoms with E-state index in [0.29, 0.717) is 43.2 Å². The smallest absolute Gasteiger partial charge is 0.387 e. The van der Waals surface area contributed by atoms with Gasteiger partial charge in [0.2, 0.25) is 0 Å². The molecule has 4 rings (SSSR count). The van der Waals surface area contributed by atoms with Gasteiger partial charge in [0.15, 0.2) is 0 Å². The van der Waals surface area contributed by atoms with E-state index in [1.54, 1.807) is 45.4 Å². The van der Waals surface area contributed by atoms with Gasteiger partial charge in [-0.3, -0.25) is 4.90 Å². The number of aromatic nitrogens is 1. The predicted octanol–water partition coefficient (Wildman–Crippen LogP) is 7.23. The second-order valence-electron chi connectivity index (χ2n) is 10.5. The molecule has 1 saturated heterocycles. The van der Waals surface area contributed by atoms with Crippen LogP contribution in [-0.4, -0.2) is 54.6 Å². The zero-order chi connectivity index (χ0) is 26.6. The Balaban J connectivity index is 1.62. The molecule has 2 fully saturated rings. The van der Waals surface area contributed by atoms with Gasteiger partial charge < -0.3 is 14.2 Å². The van der Waals surface area contributed by atoms with Crippen molar-refractivity contribution >= 4 is 11.3 Å². The third-order valence-corrected chi connectivity index (χ3v) is 8.27. The van der Waals surface area contributed by atoms with E-state index in [1.807, 2.05) is 0 Å². The van der Waals surface area contributed by atoms with Gasteiger partial charge >= 0.3 is 6.61 Å². The van der Waals surface area contributed by atoms with Crippen LogP contribution in [0.4, 0.5) is 13.2 Å². The highest BCUT2D eigenvalue weighted by Gasteiger charge is 2.50. The lowest BCUT2D eigenvalue weighted by molar-refractivity contribution is -0.126. The number of likely N-dealkylation sites (tertiary alicyclic amines) is 1. The number of hydrogen-bond donors (Lipinski definition) is 0. The molecule has 37 heavy (non-hydrogen) atoms. The molecule has 1 aliphatic carbocycles. The fraction of sp³-hybridized carbons (Fsp3) is 0.607. The molecule has 0 amide bonds. The first kappa shape index (κ1) is 27.9. The number of allylic oxidation sites excluding steroid dienone is 1. The summed E-state index contributed by atoms with van der Waals surface area (Å²) in [5, 5.41) is 0.605. The molecule has 9 heteroatoms. The molecule has 2 aromatic rings. The molecule has 0 spiro atoms. The summed E-state index contributed by atoms with van der Waals surface area (Å²) in [6.07, 6.45) is 6.29. The number of halogens is 3. The number of rotatable bonds is 11. The van der Waals surface area contributed by atoms with Crippen LogP contribution in [0.3, 0.4) is 0 Å². The molecule has 1 aliphatic heterocycles. The average molecular weight is 539 g/mol. The number of piperidine rings is 1. The summed E-state index contributed by atoms with van der Waals surface area (Å²) >= 11 is 1.43. The maximum Gasteiger partial charge on any atom is 0.387 e. The number of hydrogen-bond acceptors (Lipinski definition) is 6. The Labute approximate surface area is 221 Å². The Bertz CT molecular complexity index is 1080. The van der Waals surface area contributed by atoms with Crippen LogP contribution in [0, 0.1) is 5.92 Å². The molecule has 1 aromatic heterocycles. The maximum absolute atomic E-state index is 15.5. The quantitative estimate of drug-likeness (QED) is 0.282. The second-order valence-corrected chi connectivity index (χ2v) is 11.6. The van der Waals surface area contributed by atoms with E-state index in [9.17, 15) is 8.78 Å². The van der Waals surface area contributed by atoms with Crippen molar-refractivity contribution in [3.8, 4) is 16.3 Å². The maximum atomic E-state index is 15.5. The van der Waals surface area contributed by atoms with E-state index in [1.165, 1.54) is 23.0 Å². The molecule has 1 saturated carbocycles. The van der Waals surface area contributed by atoms with E-state index in [-0.39, 0.29) is 11.7 Å². The molecule has 0 N–H and O–H groups in total. The standard InChI is InChI=1S/C28H37F3N2O3S/c1-5-13-35-28(24(34-4)19-9-8-10-19)14-20(27(2,3)31)16-33(18-28)17-21-15-32-25(37-21)22-11-6-7-12-23(22)36-26(29)30/h6-7,11-12,15,20,26H,5,8-10,13-14,16-18H2,1-4H3. The van der Waals surface area contributed by atoms with E-state index < -0.39 is 17.9 Å². The molecule has 204 valence electrons. The van der Waals surface area contributed by atoms with Gasteiger partial charge in [-0.2, -0.15) is 8.78 Å². The number of alkyl halides is 3. The number of ether oxygens (including phenoxy) is 3. The van der Waals surface area contributed by atoms with E-state index in [2.05, 4.69) is 16.8 Å². The molecular formula is C28H37F3N2O3S. The van der Waals surface area contributed by atoms with Crippen LogP contribution >= 0.6 is 11.3 Å². The third-order valence-electron chi connectivity index (χ3n) is 7.25. The van der Waals surface area contributed by atoms with Crippen LogP contribution in [0.2, 0.25) is 0 Å². The molecule has 2 atom stereocenters. The van der Waals surface area contributed by atoms with Crippen LogP contribution in [0.1, 0.15) is 57.8 Å². The van der Waals surface area contributed by atoms with Crippen molar-refractivity contribution in [2.75, 3.05) is 26.8 Å². The lowest BCUT2D eigenvalue weighted by atomic mass is 9.74. The summed E-state index contributed by atoms with van der Waals surface area (Å²) in [5.74, 6) is 0.713. The van der Waals surface area contributed by atoms with Crippen LogP contribution in [0.15, 0.2) is 41.8 Å². The molecule has 0 bridgehead atoms. The van der Waals surface area contributed by atoms with Crippen LogP contribution < -0.4 is 4.74 Å². The Kier molecular flexibility index (Phi) is 8.86. The molecule has 5 nitrogen and oxygen atoms in total. The van der Waals surface area contributed by atoms with Gasteiger partial charge in [0.25, 0.3) is 0 Å². The van der Waals surface area contributed by atoms with Crippen LogP contribution in [0.25, 0.3) is 10.6 Å².